The molecule has 0 bridgehead atoms. The predicted molar refractivity (Wildman–Crippen MR) is 116 cm³/mol. The van der Waals surface area contributed by atoms with E-state index in [4.69, 9.17) is 0 Å². The van der Waals surface area contributed by atoms with Crippen LogP contribution in [0.25, 0.3) is 16.9 Å². The molecule has 0 saturated heterocycles. The summed E-state index contributed by atoms with van der Waals surface area (Å²) >= 11 is 0. The minimum absolute atomic E-state index is 0.118. The summed E-state index contributed by atoms with van der Waals surface area (Å²) in [6.07, 6.45) is 1.83. The number of para-hydroxylation sites is 1. The van der Waals surface area contributed by atoms with Crippen LogP contribution in [0, 0.1) is 5.82 Å². The molecule has 4 aromatic rings. The molecule has 0 radical (unpaired) electrons. The Kier molecular flexibility index (Phi) is 5.84. The van der Waals surface area contributed by atoms with Crippen molar-refractivity contribution in [3.8, 4) is 16.9 Å². The van der Waals surface area contributed by atoms with Gasteiger partial charge in [-0.2, -0.15) is 5.10 Å². The zero-order valence-corrected chi connectivity index (χ0v) is 16.5. The van der Waals surface area contributed by atoms with Gasteiger partial charge in [-0.15, -0.1) is 0 Å². The van der Waals surface area contributed by atoms with Crippen molar-refractivity contribution in [1.29, 1.82) is 0 Å². The molecule has 1 aromatic heterocycles. The first-order chi connectivity index (χ1) is 15.1. The first kappa shape index (κ1) is 20.0. The van der Waals surface area contributed by atoms with Crippen LogP contribution in [0.2, 0.25) is 0 Å². The highest BCUT2D eigenvalue weighted by Gasteiger charge is 2.17. The fourth-order valence-corrected chi connectivity index (χ4v) is 3.07. The van der Waals surface area contributed by atoms with Crippen molar-refractivity contribution in [1.82, 2.24) is 15.1 Å². The van der Waals surface area contributed by atoms with E-state index in [9.17, 15) is 14.0 Å². The van der Waals surface area contributed by atoms with Gasteiger partial charge in [-0.25, -0.2) is 9.07 Å². The summed E-state index contributed by atoms with van der Waals surface area (Å²) in [7, 11) is 0. The molecule has 154 valence electrons. The van der Waals surface area contributed by atoms with Gasteiger partial charge >= 0.3 is 11.8 Å². The van der Waals surface area contributed by atoms with Crippen molar-refractivity contribution in [2.75, 3.05) is 5.32 Å². The minimum Gasteiger partial charge on any atom is -0.344 e. The summed E-state index contributed by atoms with van der Waals surface area (Å²) in [5, 5.41) is 9.75. The lowest BCUT2D eigenvalue weighted by molar-refractivity contribution is -0.136. The van der Waals surface area contributed by atoms with Crippen molar-refractivity contribution < 1.29 is 14.0 Å². The number of nitrogens with one attached hydrogen (secondary N) is 2. The Morgan fingerprint density at radius 1 is 0.839 bits per heavy atom. The lowest BCUT2D eigenvalue weighted by Crippen LogP contribution is -2.35. The number of carbonyl (C=O) groups excluding carboxylic acids is 2. The standard InChI is InChI=1S/C24H19FN4O2/c25-19-11-13-20(14-12-19)27-24(31)23(30)26-15-18-16-29(21-9-5-2-6-10-21)28-22(18)17-7-3-1-4-8-17/h1-14,16H,15H2,(H,26,30)(H,27,31). The van der Waals surface area contributed by atoms with Gasteiger partial charge in [0.15, 0.2) is 0 Å². The third-order valence-corrected chi connectivity index (χ3v) is 4.61. The normalized spacial score (nSPS) is 10.5. The highest BCUT2D eigenvalue weighted by Crippen LogP contribution is 2.23. The number of hydrogen-bond acceptors (Lipinski definition) is 3. The fourth-order valence-electron chi connectivity index (χ4n) is 3.07. The average Bonchev–Trinajstić information content (AvgIpc) is 3.24. The van der Waals surface area contributed by atoms with E-state index in [0.717, 1.165) is 16.8 Å². The van der Waals surface area contributed by atoms with Gasteiger partial charge in [-0.05, 0) is 36.4 Å². The summed E-state index contributed by atoms with van der Waals surface area (Å²) in [6, 6.07) is 24.4. The maximum absolute atomic E-state index is 13.0. The van der Waals surface area contributed by atoms with E-state index in [1.165, 1.54) is 24.3 Å². The van der Waals surface area contributed by atoms with Gasteiger partial charge in [0.2, 0.25) is 0 Å². The van der Waals surface area contributed by atoms with Crippen LogP contribution in [-0.4, -0.2) is 21.6 Å². The van der Waals surface area contributed by atoms with Crippen molar-refractivity contribution in [3.05, 3.63) is 103 Å². The van der Waals surface area contributed by atoms with Crippen LogP contribution in [0.15, 0.2) is 91.1 Å². The largest absolute Gasteiger partial charge is 0.344 e. The number of anilines is 1. The van der Waals surface area contributed by atoms with Gasteiger partial charge in [-0.1, -0.05) is 48.5 Å². The SMILES string of the molecule is O=C(NCc1cn(-c2ccccc2)nc1-c1ccccc1)C(=O)Nc1ccc(F)cc1. The number of carbonyl (C=O) groups is 2. The number of amides is 2. The van der Waals surface area contributed by atoms with Gasteiger partial charge < -0.3 is 10.6 Å². The van der Waals surface area contributed by atoms with Crippen LogP contribution in [0.5, 0.6) is 0 Å². The van der Waals surface area contributed by atoms with E-state index >= 15 is 0 Å². The Hall–Kier alpha value is -4.26. The van der Waals surface area contributed by atoms with Crippen molar-refractivity contribution in [3.63, 3.8) is 0 Å². The first-order valence-electron chi connectivity index (χ1n) is 9.64. The predicted octanol–water partition coefficient (Wildman–Crippen LogP) is 3.93. The maximum atomic E-state index is 13.0. The number of nitrogens with zero attached hydrogens (tertiary/aromatic N) is 2. The summed E-state index contributed by atoms with van der Waals surface area (Å²) in [6.45, 7) is 0.118. The van der Waals surface area contributed by atoms with Gasteiger partial charge in [0.25, 0.3) is 0 Å². The molecule has 2 N–H and O–H groups in total. The zero-order chi connectivity index (χ0) is 21.6. The molecule has 3 aromatic carbocycles. The van der Waals surface area contributed by atoms with Gasteiger partial charge in [-0.3, -0.25) is 9.59 Å². The molecule has 0 aliphatic heterocycles. The second kappa shape index (κ2) is 9.04. The van der Waals surface area contributed by atoms with E-state index < -0.39 is 17.6 Å². The Bertz CT molecular complexity index is 1190. The third-order valence-electron chi connectivity index (χ3n) is 4.61. The first-order valence-corrected chi connectivity index (χ1v) is 9.64. The second-order valence-corrected chi connectivity index (χ2v) is 6.79. The Morgan fingerprint density at radius 3 is 2.16 bits per heavy atom. The molecular formula is C24H19FN4O2. The maximum Gasteiger partial charge on any atom is 0.313 e. The molecule has 0 fully saturated rings. The minimum atomic E-state index is -0.830. The van der Waals surface area contributed by atoms with Gasteiger partial charge in [0.1, 0.15) is 5.82 Å². The smallest absolute Gasteiger partial charge is 0.313 e. The molecule has 0 aliphatic carbocycles. The van der Waals surface area contributed by atoms with Crippen LogP contribution in [0.4, 0.5) is 10.1 Å². The molecule has 6 nitrogen and oxygen atoms in total. The molecule has 7 heteroatoms. The summed E-state index contributed by atoms with van der Waals surface area (Å²) < 4.78 is 14.7. The molecule has 0 saturated carbocycles. The molecule has 0 atom stereocenters. The van der Waals surface area contributed by atoms with Crippen molar-refractivity contribution >= 4 is 17.5 Å². The van der Waals surface area contributed by atoms with Crippen molar-refractivity contribution in [2.24, 2.45) is 0 Å². The highest BCUT2D eigenvalue weighted by molar-refractivity contribution is 6.39. The fraction of sp³-hybridized carbons (Fsp3) is 0.0417. The Labute approximate surface area is 178 Å². The van der Waals surface area contributed by atoms with E-state index in [-0.39, 0.29) is 6.54 Å². The number of halogens is 1. The number of aromatic nitrogens is 2. The van der Waals surface area contributed by atoms with E-state index in [1.807, 2.05) is 66.9 Å². The molecule has 2 amide bonds. The zero-order valence-electron chi connectivity index (χ0n) is 16.5. The molecule has 4 rings (SSSR count). The molecule has 0 spiro atoms. The van der Waals surface area contributed by atoms with E-state index in [0.29, 0.717) is 11.4 Å². The molecule has 1 heterocycles. The Balaban J connectivity index is 1.51. The van der Waals surface area contributed by atoms with Crippen LogP contribution < -0.4 is 10.6 Å². The average molecular weight is 414 g/mol. The molecule has 0 unspecified atom stereocenters. The third kappa shape index (κ3) is 4.84. The number of hydrogen-bond donors (Lipinski definition) is 2. The van der Waals surface area contributed by atoms with E-state index in [1.54, 1.807) is 4.68 Å². The van der Waals surface area contributed by atoms with Crippen LogP contribution in [0.1, 0.15) is 5.56 Å². The van der Waals surface area contributed by atoms with Crippen molar-refractivity contribution in [2.45, 2.75) is 6.54 Å². The van der Waals surface area contributed by atoms with Gasteiger partial charge in [0.05, 0.1) is 11.4 Å². The van der Waals surface area contributed by atoms with Crippen LogP contribution in [-0.2, 0) is 16.1 Å². The summed E-state index contributed by atoms with van der Waals surface area (Å²) in [5.74, 6) is -2.05. The monoisotopic (exact) mass is 414 g/mol. The quantitative estimate of drug-likeness (QED) is 0.486. The highest BCUT2D eigenvalue weighted by atomic mass is 19.1. The molecule has 0 aliphatic rings. The van der Waals surface area contributed by atoms with Gasteiger partial charge in [0, 0.05) is 29.6 Å². The lowest BCUT2D eigenvalue weighted by Gasteiger charge is -2.07. The molecule has 31 heavy (non-hydrogen) atoms. The topological polar surface area (TPSA) is 76.0 Å². The number of rotatable bonds is 5. The number of benzene rings is 3. The summed E-state index contributed by atoms with van der Waals surface area (Å²) in [5.41, 5.74) is 3.59. The van der Waals surface area contributed by atoms with Crippen LogP contribution in [0.3, 0.4) is 0 Å². The lowest BCUT2D eigenvalue weighted by atomic mass is 10.1. The van der Waals surface area contributed by atoms with E-state index in [2.05, 4.69) is 15.7 Å². The molecular weight excluding hydrogens is 395 g/mol. The summed E-state index contributed by atoms with van der Waals surface area (Å²) in [4.78, 5) is 24.5. The second-order valence-electron chi connectivity index (χ2n) is 6.79. The Morgan fingerprint density at radius 2 is 1.48 bits per heavy atom. The van der Waals surface area contributed by atoms with Crippen LogP contribution >= 0.6 is 0 Å².